The normalized spacial score (nSPS) is 19.5. The van der Waals surface area contributed by atoms with E-state index in [9.17, 15) is 0 Å². The van der Waals surface area contributed by atoms with E-state index in [4.69, 9.17) is 4.52 Å². The number of benzene rings is 1. The second kappa shape index (κ2) is 5.72. The van der Waals surface area contributed by atoms with Gasteiger partial charge in [0.2, 0.25) is 11.7 Å². The van der Waals surface area contributed by atoms with Gasteiger partial charge in [-0.3, -0.25) is 0 Å². The van der Waals surface area contributed by atoms with Gasteiger partial charge in [-0.25, -0.2) is 0 Å². The molecule has 1 aromatic heterocycles. The number of hydrogen-bond acceptors (Lipinski definition) is 5. The number of hydrogen-bond donors (Lipinski definition) is 1. The molecular weight excluding hydrogens is 276 g/mol. The highest BCUT2D eigenvalue weighted by molar-refractivity contribution is 5.60. The maximum Gasteiger partial charge on any atom is 0.232 e. The fourth-order valence-electron chi connectivity index (χ4n) is 2.63. The Balaban J connectivity index is 1.78. The largest absolute Gasteiger partial charge is 0.369 e. The SMILES string of the molecule is C[C@@H]1CN(c2ccc(-c3noc(C(C)(C)C)n3)cc2)CCN1. The second-order valence-corrected chi connectivity index (χ2v) is 7.02. The lowest BCUT2D eigenvalue weighted by atomic mass is 9.97. The predicted octanol–water partition coefficient (Wildman–Crippen LogP) is 2.83. The van der Waals surface area contributed by atoms with Gasteiger partial charge >= 0.3 is 0 Å². The maximum absolute atomic E-state index is 5.36. The van der Waals surface area contributed by atoms with Crippen molar-refractivity contribution in [2.75, 3.05) is 24.5 Å². The third-order valence-electron chi connectivity index (χ3n) is 3.93. The molecule has 1 N–H and O–H groups in total. The molecule has 118 valence electrons. The van der Waals surface area contributed by atoms with Crippen molar-refractivity contribution in [3.8, 4) is 11.4 Å². The Bertz CT molecular complexity index is 627. The average molecular weight is 300 g/mol. The Morgan fingerprint density at radius 1 is 1.23 bits per heavy atom. The molecule has 0 aliphatic carbocycles. The lowest BCUT2D eigenvalue weighted by molar-refractivity contribution is 0.321. The lowest BCUT2D eigenvalue weighted by Crippen LogP contribution is -2.49. The van der Waals surface area contributed by atoms with Crippen molar-refractivity contribution in [1.29, 1.82) is 0 Å². The summed E-state index contributed by atoms with van der Waals surface area (Å²) in [6.07, 6.45) is 0. The van der Waals surface area contributed by atoms with Crippen LogP contribution in [0.1, 0.15) is 33.6 Å². The molecule has 22 heavy (non-hydrogen) atoms. The van der Waals surface area contributed by atoms with E-state index in [0.717, 1.165) is 25.2 Å². The molecule has 3 rings (SSSR count). The van der Waals surface area contributed by atoms with Crippen molar-refractivity contribution in [2.45, 2.75) is 39.2 Å². The Morgan fingerprint density at radius 3 is 2.55 bits per heavy atom. The van der Waals surface area contributed by atoms with Crippen molar-refractivity contribution < 1.29 is 4.52 Å². The van der Waals surface area contributed by atoms with Crippen LogP contribution in [0.5, 0.6) is 0 Å². The van der Waals surface area contributed by atoms with Gasteiger partial charge in [-0.1, -0.05) is 25.9 Å². The lowest BCUT2D eigenvalue weighted by Gasteiger charge is -2.33. The number of anilines is 1. The highest BCUT2D eigenvalue weighted by Crippen LogP contribution is 2.25. The van der Waals surface area contributed by atoms with Crippen LogP contribution in [0, 0.1) is 0 Å². The van der Waals surface area contributed by atoms with Gasteiger partial charge in [0.1, 0.15) is 0 Å². The number of piperazine rings is 1. The van der Waals surface area contributed by atoms with Crippen LogP contribution >= 0.6 is 0 Å². The first-order chi connectivity index (χ1) is 10.4. The molecule has 0 spiro atoms. The molecule has 0 unspecified atom stereocenters. The summed E-state index contributed by atoms with van der Waals surface area (Å²) in [4.78, 5) is 6.91. The summed E-state index contributed by atoms with van der Waals surface area (Å²) < 4.78 is 5.36. The van der Waals surface area contributed by atoms with Crippen LogP contribution in [0.4, 0.5) is 5.69 Å². The van der Waals surface area contributed by atoms with Crippen LogP contribution in [0.3, 0.4) is 0 Å². The first-order valence-electron chi connectivity index (χ1n) is 7.86. The third kappa shape index (κ3) is 3.14. The van der Waals surface area contributed by atoms with Crippen molar-refractivity contribution in [2.24, 2.45) is 0 Å². The molecule has 1 saturated heterocycles. The number of nitrogens with one attached hydrogen (secondary N) is 1. The van der Waals surface area contributed by atoms with Crippen LogP contribution in [-0.2, 0) is 5.41 Å². The summed E-state index contributed by atoms with van der Waals surface area (Å²) in [6.45, 7) is 11.5. The summed E-state index contributed by atoms with van der Waals surface area (Å²) in [5.41, 5.74) is 2.12. The molecular formula is C17H24N4O. The molecule has 1 aliphatic heterocycles. The molecule has 0 bridgehead atoms. The van der Waals surface area contributed by atoms with Crippen LogP contribution in [-0.4, -0.2) is 35.8 Å². The Kier molecular flexibility index (Phi) is 3.91. The van der Waals surface area contributed by atoms with E-state index in [2.05, 4.69) is 72.3 Å². The smallest absolute Gasteiger partial charge is 0.232 e. The first-order valence-corrected chi connectivity index (χ1v) is 7.86. The summed E-state index contributed by atoms with van der Waals surface area (Å²) in [7, 11) is 0. The van der Waals surface area contributed by atoms with Gasteiger partial charge in [-0.05, 0) is 31.2 Å². The van der Waals surface area contributed by atoms with Crippen LogP contribution in [0.2, 0.25) is 0 Å². The van der Waals surface area contributed by atoms with Crippen molar-refractivity contribution in [3.05, 3.63) is 30.2 Å². The summed E-state index contributed by atoms with van der Waals surface area (Å²) in [5.74, 6) is 1.33. The molecule has 5 heteroatoms. The molecule has 0 saturated carbocycles. The van der Waals surface area contributed by atoms with Crippen molar-refractivity contribution >= 4 is 5.69 Å². The van der Waals surface area contributed by atoms with Gasteiger partial charge in [0.25, 0.3) is 0 Å². The van der Waals surface area contributed by atoms with Gasteiger partial charge in [-0.15, -0.1) is 0 Å². The van der Waals surface area contributed by atoms with Gasteiger partial charge < -0.3 is 14.7 Å². The fraction of sp³-hybridized carbons (Fsp3) is 0.529. The molecule has 2 heterocycles. The number of nitrogens with zero attached hydrogens (tertiary/aromatic N) is 3. The van der Waals surface area contributed by atoms with E-state index in [-0.39, 0.29) is 5.41 Å². The molecule has 5 nitrogen and oxygen atoms in total. The Morgan fingerprint density at radius 2 is 1.95 bits per heavy atom. The van der Waals surface area contributed by atoms with Crippen molar-refractivity contribution in [3.63, 3.8) is 0 Å². The highest BCUT2D eigenvalue weighted by Gasteiger charge is 2.22. The van der Waals surface area contributed by atoms with Gasteiger partial charge in [0.05, 0.1) is 0 Å². The van der Waals surface area contributed by atoms with Crippen LogP contribution in [0.15, 0.2) is 28.8 Å². The Labute approximate surface area is 131 Å². The zero-order valence-electron chi connectivity index (χ0n) is 13.8. The third-order valence-corrected chi connectivity index (χ3v) is 3.93. The molecule has 1 aliphatic rings. The molecule has 0 amide bonds. The van der Waals surface area contributed by atoms with E-state index in [0.29, 0.717) is 17.8 Å². The monoisotopic (exact) mass is 300 g/mol. The van der Waals surface area contributed by atoms with Gasteiger partial charge in [0, 0.05) is 42.3 Å². The zero-order valence-corrected chi connectivity index (χ0v) is 13.8. The highest BCUT2D eigenvalue weighted by atomic mass is 16.5. The van der Waals surface area contributed by atoms with E-state index < -0.39 is 0 Å². The zero-order chi connectivity index (χ0) is 15.7. The maximum atomic E-state index is 5.36. The summed E-state index contributed by atoms with van der Waals surface area (Å²) in [6, 6.07) is 8.94. The minimum absolute atomic E-state index is 0.123. The van der Waals surface area contributed by atoms with E-state index >= 15 is 0 Å². The quantitative estimate of drug-likeness (QED) is 0.924. The van der Waals surface area contributed by atoms with Gasteiger partial charge in [-0.2, -0.15) is 4.98 Å². The first kappa shape index (κ1) is 15.0. The summed E-state index contributed by atoms with van der Waals surface area (Å²) >= 11 is 0. The van der Waals surface area contributed by atoms with E-state index in [1.807, 2.05) is 0 Å². The fourth-order valence-corrected chi connectivity index (χ4v) is 2.63. The number of aromatic nitrogens is 2. The van der Waals surface area contributed by atoms with Crippen LogP contribution < -0.4 is 10.2 Å². The van der Waals surface area contributed by atoms with E-state index in [1.165, 1.54) is 5.69 Å². The van der Waals surface area contributed by atoms with Crippen molar-refractivity contribution in [1.82, 2.24) is 15.5 Å². The Hall–Kier alpha value is -1.88. The molecule has 0 radical (unpaired) electrons. The molecule has 1 aromatic carbocycles. The number of rotatable bonds is 2. The second-order valence-electron chi connectivity index (χ2n) is 7.02. The average Bonchev–Trinajstić information content (AvgIpc) is 2.97. The predicted molar refractivity (Wildman–Crippen MR) is 88.1 cm³/mol. The minimum atomic E-state index is -0.123. The van der Waals surface area contributed by atoms with Gasteiger partial charge in [0.15, 0.2) is 0 Å². The standard InChI is InChI=1S/C17H24N4O/c1-12-11-21(10-9-18-12)14-7-5-13(6-8-14)15-19-16(22-20-15)17(2,3)4/h5-8,12,18H,9-11H2,1-4H3/t12-/m1/s1. The topological polar surface area (TPSA) is 54.2 Å². The summed E-state index contributed by atoms with van der Waals surface area (Å²) in [5, 5.41) is 7.56. The van der Waals surface area contributed by atoms with E-state index in [1.54, 1.807) is 0 Å². The molecule has 2 aromatic rings. The minimum Gasteiger partial charge on any atom is -0.369 e. The molecule has 1 fully saturated rings. The van der Waals surface area contributed by atoms with Crippen LogP contribution in [0.25, 0.3) is 11.4 Å². The molecule has 1 atom stereocenters.